The Morgan fingerprint density at radius 2 is 0.602 bits per heavy atom. The van der Waals surface area contributed by atoms with Crippen LogP contribution in [0.5, 0.6) is 0 Å². The third-order valence-electron chi connectivity index (χ3n) is 23.5. The average molecular weight is 1460 g/mol. The van der Waals surface area contributed by atoms with Gasteiger partial charge in [0.15, 0.2) is 0 Å². The Hall–Kier alpha value is -14.8. The lowest BCUT2D eigenvalue weighted by Crippen LogP contribution is -2.03. The van der Waals surface area contributed by atoms with Gasteiger partial charge in [0.25, 0.3) is 0 Å². The Morgan fingerprint density at radius 1 is 0.221 bits per heavy atom. The van der Waals surface area contributed by atoms with Gasteiger partial charge < -0.3 is 13.8 Å². The van der Waals surface area contributed by atoms with Gasteiger partial charge in [0, 0.05) is 76.0 Å². The van der Waals surface area contributed by atoms with Crippen LogP contribution < -0.4 is 0 Å². The highest BCUT2D eigenvalue weighted by atomic mass is 35.5. The van der Waals surface area contributed by atoms with Crippen LogP contribution in [0.3, 0.4) is 0 Å². The second-order valence-electron chi connectivity index (χ2n) is 29.5. The molecule has 0 spiro atoms. The van der Waals surface area contributed by atoms with E-state index in [1.807, 2.05) is 54.6 Å². The molecule has 0 aliphatic rings. The molecule has 26 rings (SSSR count). The van der Waals surface area contributed by atoms with Gasteiger partial charge in [0.05, 0.1) is 33.5 Å². The number of aromatic amines is 1. The number of H-pyrrole nitrogens is 1. The van der Waals surface area contributed by atoms with E-state index in [0.717, 1.165) is 83.1 Å². The summed E-state index contributed by atoms with van der Waals surface area (Å²) in [4.78, 5) is 23.2. The molecule has 0 unspecified atom stereocenters. The minimum atomic E-state index is 0.269. The number of hydrogen-bond donors (Lipinski definition) is 1. The van der Waals surface area contributed by atoms with E-state index >= 15 is 0 Å². The molecule has 0 aliphatic heterocycles. The van der Waals surface area contributed by atoms with Crippen LogP contribution in [0, 0.1) is 0 Å². The summed E-state index contributed by atoms with van der Waals surface area (Å²) in [5.41, 5.74) is 18.6. The van der Waals surface area contributed by atoms with Gasteiger partial charge in [-0.25, -0.2) is 19.9 Å². The monoisotopic (exact) mass is 1460 g/mol. The molecule has 6 aromatic heterocycles. The predicted molar refractivity (Wildman–Crippen MR) is 473 cm³/mol. The van der Waals surface area contributed by atoms with Crippen molar-refractivity contribution in [2.24, 2.45) is 0 Å². The minimum Gasteiger partial charge on any atom is -0.456 e. The second kappa shape index (κ2) is 24.6. The largest absolute Gasteiger partial charge is 0.456 e. The van der Waals surface area contributed by atoms with E-state index in [1.54, 1.807) is 0 Å². The van der Waals surface area contributed by atoms with Crippen LogP contribution in [0.2, 0.25) is 5.28 Å². The van der Waals surface area contributed by atoms with Gasteiger partial charge in [-0.1, -0.05) is 291 Å². The number of hydrogen-bond acceptors (Lipinski definition) is 6. The molecular weight excluding hydrogens is 1400 g/mol. The van der Waals surface area contributed by atoms with Crippen molar-refractivity contribution < 1.29 is 8.83 Å². The van der Waals surface area contributed by atoms with Crippen LogP contribution in [0.4, 0.5) is 0 Å². The van der Waals surface area contributed by atoms with Gasteiger partial charge in [0.2, 0.25) is 11.2 Å². The lowest BCUT2D eigenvalue weighted by molar-refractivity contribution is 0.669. The molecule has 8 nitrogen and oxygen atoms in total. The number of para-hydroxylation sites is 6. The summed E-state index contributed by atoms with van der Waals surface area (Å²) in [6.07, 6.45) is 0. The molecule has 0 saturated carbocycles. The van der Waals surface area contributed by atoms with Crippen molar-refractivity contribution in [1.29, 1.82) is 0 Å². The Kier molecular flexibility index (Phi) is 13.7. The minimum absolute atomic E-state index is 0.269. The van der Waals surface area contributed by atoms with E-state index in [4.69, 9.17) is 30.4 Å². The highest BCUT2D eigenvalue weighted by Crippen LogP contribution is 2.51. The van der Waals surface area contributed by atoms with E-state index < -0.39 is 0 Å². The first-order chi connectivity index (χ1) is 56.0. The molecule has 113 heavy (non-hydrogen) atoms. The molecule has 26 aromatic rings. The van der Waals surface area contributed by atoms with Crippen molar-refractivity contribution in [3.63, 3.8) is 0 Å². The maximum atomic E-state index is 6.58. The zero-order valence-corrected chi connectivity index (χ0v) is 61.2. The molecule has 0 atom stereocenters. The third-order valence-corrected chi connectivity index (χ3v) is 23.7. The van der Waals surface area contributed by atoms with Gasteiger partial charge in [-0.05, 0) is 181 Å². The highest BCUT2D eigenvalue weighted by molar-refractivity contribution is 6.43. The number of nitrogens with zero attached hydrogens (tertiary/aromatic N) is 5. The number of rotatable bonds is 5. The summed E-state index contributed by atoms with van der Waals surface area (Å²) >= 11 is 6.08. The SMILES string of the molecule is Clc1nc(-c2ccc(-c3ccccc3)cc2)c2ccccc2n1.c1ccc(-c2ccc(-c3nc(-n4c5ccccc5c5c6cccc7c8cccc9c%10c(cc(c(cc54)c76)c89)oc4ccccc4%10)nc4ccccc34)cc2)cc1.c1ccc2c(c1)[nH]c1cc3c4cc5oc6ccccc6c5c5cccc(c6cccc(c12)c63)c45. The van der Waals surface area contributed by atoms with E-state index in [-0.39, 0.29) is 5.28 Å². The quantitative estimate of drug-likeness (QED) is 0.105. The van der Waals surface area contributed by atoms with Crippen LogP contribution in [0.25, 0.3) is 246 Å². The van der Waals surface area contributed by atoms with E-state index in [9.17, 15) is 0 Å². The summed E-state index contributed by atoms with van der Waals surface area (Å²) in [6.45, 7) is 0. The molecule has 0 bridgehead atoms. The summed E-state index contributed by atoms with van der Waals surface area (Å²) < 4.78 is 15.2. The van der Waals surface area contributed by atoms with Crippen molar-refractivity contribution in [2.45, 2.75) is 0 Å². The standard InChI is InChI=1S/C52H29N3O.C32H17NO.C20H13ClN2/c1-2-12-30(13-3-1)31-24-26-32(27-25-31)51-35-14-4-7-21-42(35)53-52(54-51)55-43-22-8-5-15-36(43)49-38-19-10-17-33-34-18-11-20-39-48(34)41(40(47(33)38)28-44(49)55)29-46-50(39)37-16-6-9-23-45(37)56-46;1-3-13-25-19(7-1)31-21-11-5-9-17-18-10-6-12-22-30(18)24(23(29(17)21)15-26(31)33-25)16-28-32(22)20-8-2-4-14-27(20)34-28;21-20-22-18-9-5-4-8-17(18)19(23-20)16-12-10-15(11-13-16)14-6-2-1-3-7-14/h1-29H;1-16,33H;1-13H. The fourth-order valence-electron chi connectivity index (χ4n) is 18.7. The van der Waals surface area contributed by atoms with Crippen molar-refractivity contribution >= 4 is 207 Å². The van der Waals surface area contributed by atoms with Crippen molar-refractivity contribution in [3.05, 3.63) is 357 Å². The van der Waals surface area contributed by atoms with E-state index in [0.29, 0.717) is 5.95 Å². The maximum Gasteiger partial charge on any atom is 0.235 e. The molecule has 0 amide bonds. The fraction of sp³-hybridized carbons (Fsp3) is 0. The number of aromatic nitrogens is 6. The van der Waals surface area contributed by atoms with Crippen molar-refractivity contribution in [3.8, 4) is 50.7 Å². The molecule has 524 valence electrons. The lowest BCUT2D eigenvalue weighted by atomic mass is 9.87. The number of fused-ring (bicyclic) bond motifs is 22. The second-order valence-corrected chi connectivity index (χ2v) is 29.9. The molecular formula is C104H59ClN6O2. The molecule has 20 aromatic carbocycles. The number of halogens is 1. The van der Waals surface area contributed by atoms with E-state index in [2.05, 4.69) is 317 Å². The van der Waals surface area contributed by atoms with Crippen LogP contribution in [-0.4, -0.2) is 29.5 Å². The first-order valence-corrected chi connectivity index (χ1v) is 38.6. The first kappa shape index (κ1) is 63.1. The molecule has 0 radical (unpaired) electrons. The van der Waals surface area contributed by atoms with Gasteiger partial charge in [-0.3, -0.25) is 4.57 Å². The Balaban J connectivity index is 0.000000110. The Morgan fingerprint density at radius 3 is 1.14 bits per heavy atom. The topological polar surface area (TPSA) is 98.6 Å². The number of furan rings is 2. The summed E-state index contributed by atoms with van der Waals surface area (Å²) in [5, 5.41) is 32.1. The first-order valence-electron chi connectivity index (χ1n) is 38.2. The molecule has 6 heterocycles. The smallest absolute Gasteiger partial charge is 0.235 e. The van der Waals surface area contributed by atoms with Gasteiger partial charge in [0.1, 0.15) is 22.3 Å². The Labute approximate surface area is 648 Å². The van der Waals surface area contributed by atoms with Gasteiger partial charge >= 0.3 is 0 Å². The van der Waals surface area contributed by atoms with Crippen LogP contribution in [0.1, 0.15) is 0 Å². The summed E-state index contributed by atoms with van der Waals surface area (Å²) in [7, 11) is 0. The molecule has 9 heteroatoms. The normalized spacial score (nSPS) is 12.1. The summed E-state index contributed by atoms with van der Waals surface area (Å²) in [6, 6.07) is 124. The number of nitrogens with one attached hydrogen (secondary N) is 1. The van der Waals surface area contributed by atoms with Crippen molar-refractivity contribution in [2.75, 3.05) is 0 Å². The highest BCUT2D eigenvalue weighted by Gasteiger charge is 2.26. The third kappa shape index (κ3) is 9.58. The van der Waals surface area contributed by atoms with E-state index in [1.165, 1.54) is 157 Å². The maximum absolute atomic E-state index is 6.58. The molecule has 0 fully saturated rings. The summed E-state index contributed by atoms with van der Waals surface area (Å²) in [5.74, 6) is 0.647. The lowest BCUT2D eigenvalue weighted by Gasteiger charge is -2.16. The Bertz CT molecular complexity index is 8270. The molecule has 0 saturated heterocycles. The number of benzene rings is 20. The van der Waals surface area contributed by atoms with Crippen LogP contribution in [-0.2, 0) is 0 Å². The van der Waals surface area contributed by atoms with Crippen molar-refractivity contribution in [1.82, 2.24) is 29.5 Å². The van der Waals surface area contributed by atoms with Gasteiger partial charge in [-0.2, -0.15) is 0 Å². The van der Waals surface area contributed by atoms with Gasteiger partial charge in [-0.15, -0.1) is 0 Å². The predicted octanol–water partition coefficient (Wildman–Crippen LogP) is 28.9. The van der Waals surface area contributed by atoms with Crippen LogP contribution >= 0.6 is 11.6 Å². The van der Waals surface area contributed by atoms with Crippen LogP contribution in [0.15, 0.2) is 361 Å². The average Bonchev–Trinajstić information content (AvgIpc) is 1.71. The zero-order chi connectivity index (χ0) is 74.1. The fourth-order valence-corrected chi connectivity index (χ4v) is 18.9. The zero-order valence-electron chi connectivity index (χ0n) is 60.4. The molecule has 0 aliphatic carbocycles. The molecule has 1 N–H and O–H groups in total.